The smallest absolute Gasteiger partial charge is 0.221 e. The van der Waals surface area contributed by atoms with Gasteiger partial charge in [-0.25, -0.2) is 0 Å². The zero-order valence-corrected chi connectivity index (χ0v) is 8.77. The summed E-state index contributed by atoms with van der Waals surface area (Å²) in [4.78, 5) is 22.4. The van der Waals surface area contributed by atoms with Crippen LogP contribution in [0.15, 0.2) is 48.3 Å². The van der Waals surface area contributed by atoms with Crippen LogP contribution in [0.1, 0.15) is 5.56 Å². The van der Waals surface area contributed by atoms with Crippen LogP contribution in [0.5, 0.6) is 5.75 Å². The molecule has 0 amide bonds. The van der Waals surface area contributed by atoms with E-state index in [9.17, 15) is 9.59 Å². The van der Waals surface area contributed by atoms with Gasteiger partial charge in [-0.3, -0.25) is 9.59 Å². The highest BCUT2D eigenvalue weighted by atomic mass is 16.5. The third-order valence-electron chi connectivity index (χ3n) is 2.16. The number of aryl methyl sites for hydroxylation is 1. The summed E-state index contributed by atoms with van der Waals surface area (Å²) in [6.45, 7) is 1.96. The summed E-state index contributed by atoms with van der Waals surface area (Å²) >= 11 is 0. The first-order valence-electron chi connectivity index (χ1n) is 4.88. The molecule has 1 aromatic rings. The molecule has 0 heterocycles. The highest BCUT2D eigenvalue weighted by Gasteiger charge is 2.15. The quantitative estimate of drug-likeness (QED) is 0.707. The second-order valence-electron chi connectivity index (χ2n) is 3.52. The number of ketones is 2. The number of carbonyl (C=O) groups excluding carboxylic acids is 2. The molecule has 0 unspecified atom stereocenters. The van der Waals surface area contributed by atoms with E-state index in [1.807, 2.05) is 19.1 Å². The molecule has 0 radical (unpaired) electrons. The minimum atomic E-state index is -0.292. The van der Waals surface area contributed by atoms with Crippen molar-refractivity contribution in [3.05, 3.63) is 53.8 Å². The minimum absolute atomic E-state index is 0.0661. The Morgan fingerprint density at radius 3 is 2.38 bits per heavy atom. The fourth-order valence-corrected chi connectivity index (χ4v) is 1.30. The van der Waals surface area contributed by atoms with Crippen LogP contribution < -0.4 is 4.74 Å². The van der Waals surface area contributed by atoms with Gasteiger partial charge in [0.25, 0.3) is 0 Å². The zero-order chi connectivity index (χ0) is 11.5. The van der Waals surface area contributed by atoms with E-state index in [0.29, 0.717) is 5.75 Å². The Labute approximate surface area is 93.0 Å². The third-order valence-corrected chi connectivity index (χ3v) is 2.16. The predicted octanol–water partition coefficient (Wildman–Crippen LogP) is 1.97. The molecule has 1 aliphatic carbocycles. The van der Waals surface area contributed by atoms with Crippen LogP contribution in [0.2, 0.25) is 0 Å². The first-order chi connectivity index (χ1) is 7.65. The lowest BCUT2D eigenvalue weighted by molar-refractivity contribution is -0.116. The number of carbonyl (C=O) groups is 2. The number of hydrogen-bond donors (Lipinski definition) is 0. The van der Waals surface area contributed by atoms with Gasteiger partial charge in [0.1, 0.15) is 5.75 Å². The normalized spacial score (nSPS) is 14.9. The van der Waals surface area contributed by atoms with Crippen molar-refractivity contribution >= 4 is 11.6 Å². The number of hydrogen-bond acceptors (Lipinski definition) is 3. The molecule has 0 aliphatic heterocycles. The van der Waals surface area contributed by atoms with Gasteiger partial charge in [0, 0.05) is 6.08 Å². The van der Waals surface area contributed by atoms with E-state index in [1.54, 1.807) is 12.1 Å². The Bertz CT molecular complexity index is 492. The molecule has 2 rings (SSSR count). The van der Waals surface area contributed by atoms with Crippen molar-refractivity contribution in [2.75, 3.05) is 0 Å². The average Bonchev–Trinajstić information content (AvgIpc) is 2.27. The van der Waals surface area contributed by atoms with Crippen molar-refractivity contribution in [3.8, 4) is 5.75 Å². The Balaban J connectivity index is 2.18. The number of ether oxygens (including phenoxy) is 1. The Hall–Kier alpha value is -2.16. The lowest BCUT2D eigenvalue weighted by atomic mass is 10.1. The third kappa shape index (κ3) is 2.25. The highest BCUT2D eigenvalue weighted by Crippen LogP contribution is 2.16. The van der Waals surface area contributed by atoms with Crippen molar-refractivity contribution in [2.45, 2.75) is 6.92 Å². The highest BCUT2D eigenvalue weighted by molar-refractivity contribution is 6.16. The van der Waals surface area contributed by atoms with Crippen LogP contribution in [0, 0.1) is 6.92 Å². The summed E-state index contributed by atoms with van der Waals surface area (Å²) in [7, 11) is 0. The maximum atomic E-state index is 11.4. The summed E-state index contributed by atoms with van der Waals surface area (Å²) in [6.07, 6.45) is 3.64. The summed E-state index contributed by atoms with van der Waals surface area (Å²) < 4.78 is 5.33. The SMILES string of the molecule is Cc1ccc(OC2=CC(=O)C=CC2=O)cc1. The second-order valence-corrected chi connectivity index (χ2v) is 3.52. The van der Waals surface area contributed by atoms with Crippen LogP contribution in [-0.2, 0) is 9.59 Å². The van der Waals surface area contributed by atoms with Crippen molar-refractivity contribution in [3.63, 3.8) is 0 Å². The molecule has 1 aliphatic rings. The van der Waals surface area contributed by atoms with E-state index in [-0.39, 0.29) is 17.3 Å². The van der Waals surface area contributed by atoms with E-state index in [2.05, 4.69) is 0 Å². The van der Waals surface area contributed by atoms with Crippen LogP contribution in [0.4, 0.5) is 0 Å². The number of allylic oxidation sites excluding steroid dienone is 3. The van der Waals surface area contributed by atoms with Gasteiger partial charge in [0.15, 0.2) is 11.5 Å². The first-order valence-corrected chi connectivity index (χ1v) is 4.88. The average molecular weight is 214 g/mol. The van der Waals surface area contributed by atoms with Gasteiger partial charge in [0.05, 0.1) is 0 Å². The summed E-state index contributed by atoms with van der Waals surface area (Å²) in [6, 6.07) is 7.26. The van der Waals surface area contributed by atoms with E-state index < -0.39 is 0 Å². The maximum Gasteiger partial charge on any atom is 0.221 e. The number of rotatable bonds is 2. The fraction of sp³-hybridized carbons (Fsp3) is 0.0769. The van der Waals surface area contributed by atoms with Crippen LogP contribution in [-0.4, -0.2) is 11.6 Å². The van der Waals surface area contributed by atoms with Crippen LogP contribution >= 0.6 is 0 Å². The second kappa shape index (κ2) is 4.14. The first kappa shape index (κ1) is 10.4. The molecular weight excluding hydrogens is 204 g/mol. The van der Waals surface area contributed by atoms with Crippen molar-refractivity contribution in [1.29, 1.82) is 0 Å². The molecule has 0 N–H and O–H groups in total. The summed E-state index contributed by atoms with van der Waals surface area (Å²) in [5, 5.41) is 0. The molecule has 3 nitrogen and oxygen atoms in total. The molecule has 0 atom stereocenters. The molecule has 16 heavy (non-hydrogen) atoms. The van der Waals surface area contributed by atoms with Crippen molar-refractivity contribution in [2.24, 2.45) is 0 Å². The Kier molecular flexibility index (Phi) is 2.68. The molecule has 0 saturated carbocycles. The van der Waals surface area contributed by atoms with Gasteiger partial charge in [-0.15, -0.1) is 0 Å². The fourth-order valence-electron chi connectivity index (χ4n) is 1.30. The van der Waals surface area contributed by atoms with Crippen molar-refractivity contribution < 1.29 is 14.3 Å². The molecule has 1 aromatic carbocycles. The van der Waals surface area contributed by atoms with Gasteiger partial charge in [-0.05, 0) is 31.2 Å². The van der Waals surface area contributed by atoms with Crippen molar-refractivity contribution in [1.82, 2.24) is 0 Å². The molecule has 80 valence electrons. The van der Waals surface area contributed by atoms with Gasteiger partial charge in [-0.1, -0.05) is 17.7 Å². The van der Waals surface area contributed by atoms with Crippen LogP contribution in [0.25, 0.3) is 0 Å². The molecule has 0 aromatic heterocycles. The van der Waals surface area contributed by atoms with Crippen LogP contribution in [0.3, 0.4) is 0 Å². The molecule has 0 saturated heterocycles. The molecule has 3 heteroatoms. The van der Waals surface area contributed by atoms with E-state index in [1.165, 1.54) is 18.2 Å². The Morgan fingerprint density at radius 1 is 1.00 bits per heavy atom. The number of benzene rings is 1. The maximum absolute atomic E-state index is 11.4. The van der Waals surface area contributed by atoms with Gasteiger partial charge < -0.3 is 4.74 Å². The molecule has 0 spiro atoms. The van der Waals surface area contributed by atoms with Gasteiger partial charge in [0.2, 0.25) is 5.78 Å². The molecular formula is C13H10O3. The van der Waals surface area contributed by atoms with Gasteiger partial charge in [-0.2, -0.15) is 0 Å². The zero-order valence-electron chi connectivity index (χ0n) is 8.77. The lowest BCUT2D eigenvalue weighted by Crippen LogP contribution is -2.12. The van der Waals surface area contributed by atoms with Gasteiger partial charge >= 0.3 is 0 Å². The molecule has 0 fully saturated rings. The summed E-state index contributed by atoms with van der Waals surface area (Å²) in [5.41, 5.74) is 1.10. The van der Waals surface area contributed by atoms with E-state index in [0.717, 1.165) is 5.56 Å². The Morgan fingerprint density at radius 2 is 1.69 bits per heavy atom. The monoisotopic (exact) mass is 214 g/mol. The summed E-state index contributed by atoms with van der Waals surface area (Å²) in [5.74, 6) is 0.0894. The predicted molar refractivity (Wildman–Crippen MR) is 59.0 cm³/mol. The standard InChI is InChI=1S/C13H10O3/c1-9-2-5-11(6-3-9)16-13-8-10(14)4-7-12(13)15/h2-8H,1H3. The minimum Gasteiger partial charge on any atom is -0.453 e. The largest absolute Gasteiger partial charge is 0.453 e. The topological polar surface area (TPSA) is 43.4 Å². The lowest BCUT2D eigenvalue weighted by Gasteiger charge is -2.09. The van der Waals surface area contributed by atoms with E-state index >= 15 is 0 Å². The molecule has 0 bridgehead atoms. The van der Waals surface area contributed by atoms with E-state index in [4.69, 9.17) is 4.74 Å².